The quantitative estimate of drug-likeness (QED) is 0.682. The van der Waals surface area contributed by atoms with Crippen molar-refractivity contribution in [3.63, 3.8) is 0 Å². The minimum atomic E-state index is 0.325. The van der Waals surface area contributed by atoms with Crippen molar-refractivity contribution in [2.24, 2.45) is 0 Å². The van der Waals surface area contributed by atoms with Crippen LogP contribution >= 0.6 is 11.8 Å². The van der Waals surface area contributed by atoms with Crippen LogP contribution in [0.1, 0.15) is 26.2 Å². The number of hydrogen-bond donors (Lipinski definition) is 2. The van der Waals surface area contributed by atoms with Crippen molar-refractivity contribution >= 4 is 11.8 Å². The van der Waals surface area contributed by atoms with E-state index in [0.717, 1.165) is 18.9 Å². The molecule has 3 heteroatoms. The van der Waals surface area contributed by atoms with Crippen LogP contribution in [0, 0.1) is 0 Å². The third-order valence-electron chi connectivity index (χ3n) is 2.25. The fourth-order valence-electron chi connectivity index (χ4n) is 1.55. The molecule has 0 bridgehead atoms. The highest BCUT2D eigenvalue weighted by atomic mass is 32.2. The van der Waals surface area contributed by atoms with Crippen LogP contribution in [0.3, 0.4) is 0 Å². The van der Waals surface area contributed by atoms with Crippen molar-refractivity contribution in [2.45, 2.75) is 38.3 Å². The Morgan fingerprint density at radius 2 is 2.50 bits per heavy atom. The Kier molecular flexibility index (Phi) is 5.04. The summed E-state index contributed by atoms with van der Waals surface area (Å²) in [6.45, 7) is 2.53. The highest BCUT2D eigenvalue weighted by molar-refractivity contribution is 7.99. The van der Waals surface area contributed by atoms with Crippen molar-refractivity contribution in [3.05, 3.63) is 0 Å². The maximum Gasteiger partial charge on any atom is 0.0431 e. The Balaban J connectivity index is 2.03. The van der Waals surface area contributed by atoms with Gasteiger partial charge in [-0.1, -0.05) is 0 Å². The number of thioether (sulfide) groups is 1. The van der Waals surface area contributed by atoms with Gasteiger partial charge in [0.1, 0.15) is 0 Å². The van der Waals surface area contributed by atoms with Gasteiger partial charge in [-0.3, -0.25) is 0 Å². The molecule has 0 spiro atoms. The van der Waals surface area contributed by atoms with Crippen molar-refractivity contribution < 1.29 is 5.11 Å². The number of nitrogens with one attached hydrogen (secondary N) is 1. The normalized spacial score (nSPS) is 26.0. The molecule has 2 nitrogen and oxygen atoms in total. The Bertz CT molecular complexity index is 115. The van der Waals surface area contributed by atoms with Gasteiger partial charge in [0, 0.05) is 24.4 Å². The summed E-state index contributed by atoms with van der Waals surface area (Å²) in [5, 5.41) is 12.2. The minimum Gasteiger partial charge on any atom is -0.396 e. The first-order chi connectivity index (χ1) is 5.83. The average Bonchev–Trinajstić information content (AvgIpc) is 2.53. The van der Waals surface area contributed by atoms with Gasteiger partial charge in [0.2, 0.25) is 0 Å². The molecule has 0 aromatic heterocycles. The number of hydrogen-bond acceptors (Lipinski definition) is 3. The molecule has 72 valence electrons. The molecule has 2 N–H and O–H groups in total. The zero-order valence-corrected chi connectivity index (χ0v) is 8.57. The van der Waals surface area contributed by atoms with Gasteiger partial charge in [-0.15, -0.1) is 0 Å². The van der Waals surface area contributed by atoms with Crippen molar-refractivity contribution in [1.82, 2.24) is 5.32 Å². The minimum absolute atomic E-state index is 0.325. The van der Waals surface area contributed by atoms with E-state index >= 15 is 0 Å². The van der Waals surface area contributed by atoms with Gasteiger partial charge in [-0.2, -0.15) is 11.8 Å². The van der Waals surface area contributed by atoms with Gasteiger partial charge < -0.3 is 10.4 Å². The third kappa shape index (κ3) is 3.78. The lowest BCUT2D eigenvalue weighted by Crippen LogP contribution is -2.36. The van der Waals surface area contributed by atoms with Crippen LogP contribution in [0.15, 0.2) is 0 Å². The smallest absolute Gasteiger partial charge is 0.0431 e. The third-order valence-corrected chi connectivity index (χ3v) is 3.41. The van der Waals surface area contributed by atoms with E-state index in [1.54, 1.807) is 0 Å². The van der Waals surface area contributed by atoms with Gasteiger partial charge in [-0.25, -0.2) is 0 Å². The molecule has 12 heavy (non-hydrogen) atoms. The lowest BCUT2D eigenvalue weighted by molar-refractivity contribution is 0.274. The summed E-state index contributed by atoms with van der Waals surface area (Å²) in [6, 6.07) is 1.30. The average molecular weight is 189 g/mol. The van der Waals surface area contributed by atoms with Crippen LogP contribution in [0.5, 0.6) is 0 Å². The van der Waals surface area contributed by atoms with Crippen LogP contribution in [-0.2, 0) is 0 Å². The molecule has 1 rings (SSSR count). The fraction of sp³-hybridized carbons (Fsp3) is 1.00. The first-order valence-corrected chi connectivity index (χ1v) is 5.93. The Labute approximate surface area is 79.1 Å². The molecule has 1 aliphatic heterocycles. The zero-order chi connectivity index (χ0) is 8.81. The molecule has 0 aromatic carbocycles. The molecule has 0 amide bonds. The van der Waals surface area contributed by atoms with Crippen molar-refractivity contribution in [1.29, 1.82) is 0 Å². The number of aliphatic hydroxyl groups is 1. The highest BCUT2D eigenvalue weighted by Gasteiger charge is 2.16. The van der Waals surface area contributed by atoms with Crippen LogP contribution in [0.2, 0.25) is 0 Å². The standard InChI is InChI=1S/C9H19NOS/c1-8(3-2-5-11)10-9-4-6-12-7-9/h8-11H,2-7H2,1H3. The van der Waals surface area contributed by atoms with Gasteiger partial charge in [0.25, 0.3) is 0 Å². The lowest BCUT2D eigenvalue weighted by atomic mass is 10.1. The molecule has 1 fully saturated rings. The molecule has 0 radical (unpaired) electrons. The van der Waals surface area contributed by atoms with Crippen LogP contribution in [0.25, 0.3) is 0 Å². The molecule has 0 aliphatic carbocycles. The maximum absolute atomic E-state index is 8.64. The van der Waals surface area contributed by atoms with E-state index in [4.69, 9.17) is 5.11 Å². The second kappa shape index (κ2) is 5.84. The van der Waals surface area contributed by atoms with Crippen LogP contribution in [0.4, 0.5) is 0 Å². The first-order valence-electron chi connectivity index (χ1n) is 4.77. The van der Waals surface area contributed by atoms with Crippen molar-refractivity contribution in [2.75, 3.05) is 18.1 Å². The van der Waals surface area contributed by atoms with Gasteiger partial charge in [0.15, 0.2) is 0 Å². The van der Waals surface area contributed by atoms with Crippen LogP contribution < -0.4 is 5.32 Å². The van der Waals surface area contributed by atoms with E-state index < -0.39 is 0 Å². The van der Waals surface area contributed by atoms with E-state index in [0.29, 0.717) is 12.6 Å². The van der Waals surface area contributed by atoms with E-state index in [1.165, 1.54) is 17.9 Å². The molecule has 1 heterocycles. The first kappa shape index (κ1) is 10.4. The highest BCUT2D eigenvalue weighted by Crippen LogP contribution is 2.17. The molecule has 1 aliphatic rings. The Hall–Kier alpha value is 0.270. The molecular formula is C9H19NOS. The summed E-state index contributed by atoms with van der Waals surface area (Å²) < 4.78 is 0. The van der Waals surface area contributed by atoms with Gasteiger partial charge in [-0.05, 0) is 31.9 Å². The Morgan fingerprint density at radius 3 is 3.08 bits per heavy atom. The largest absolute Gasteiger partial charge is 0.396 e. The molecule has 2 unspecified atom stereocenters. The van der Waals surface area contributed by atoms with E-state index in [-0.39, 0.29) is 0 Å². The number of rotatable bonds is 5. The zero-order valence-electron chi connectivity index (χ0n) is 7.75. The maximum atomic E-state index is 8.64. The molecule has 0 saturated carbocycles. The Morgan fingerprint density at radius 1 is 1.67 bits per heavy atom. The molecule has 2 atom stereocenters. The fourth-order valence-corrected chi connectivity index (χ4v) is 2.71. The van der Waals surface area contributed by atoms with E-state index in [2.05, 4.69) is 12.2 Å². The monoisotopic (exact) mass is 189 g/mol. The van der Waals surface area contributed by atoms with E-state index in [9.17, 15) is 0 Å². The van der Waals surface area contributed by atoms with E-state index in [1.807, 2.05) is 11.8 Å². The topological polar surface area (TPSA) is 32.3 Å². The number of aliphatic hydroxyl groups excluding tert-OH is 1. The molecule has 0 aromatic rings. The SMILES string of the molecule is CC(CCCO)NC1CCSC1. The summed E-state index contributed by atoms with van der Waals surface area (Å²) in [4.78, 5) is 0. The van der Waals surface area contributed by atoms with Gasteiger partial charge in [0.05, 0.1) is 0 Å². The lowest BCUT2D eigenvalue weighted by Gasteiger charge is -2.17. The second-order valence-corrected chi connectivity index (χ2v) is 4.64. The molecular weight excluding hydrogens is 170 g/mol. The predicted molar refractivity (Wildman–Crippen MR) is 54.6 cm³/mol. The molecule has 1 saturated heterocycles. The predicted octanol–water partition coefficient (Wildman–Crippen LogP) is 1.24. The summed E-state index contributed by atoms with van der Waals surface area (Å²) in [5.41, 5.74) is 0. The summed E-state index contributed by atoms with van der Waals surface area (Å²) in [5.74, 6) is 2.58. The summed E-state index contributed by atoms with van der Waals surface area (Å²) in [7, 11) is 0. The summed E-state index contributed by atoms with van der Waals surface area (Å²) in [6.07, 6.45) is 3.33. The van der Waals surface area contributed by atoms with Crippen LogP contribution in [-0.4, -0.2) is 35.3 Å². The summed E-state index contributed by atoms with van der Waals surface area (Å²) >= 11 is 2.04. The van der Waals surface area contributed by atoms with Gasteiger partial charge >= 0.3 is 0 Å². The van der Waals surface area contributed by atoms with Crippen molar-refractivity contribution in [3.8, 4) is 0 Å². The second-order valence-electron chi connectivity index (χ2n) is 3.49.